The second-order valence-corrected chi connectivity index (χ2v) is 28.1. The average molecular weight is 1630 g/mol. The SMILES string of the molecule is C.COCCOCCOCCN(CC(C)(C)SSC)c1cc(CI)cc(CI)c1.COCCOCCOCCN(CC(C)(C)SSC)c1cc(CI)cc(COc2cc3c(cc2OC)C(=O)N2c4ccccc4C[C@H]2C=N3)c1.O=CO[O-].[H-].[K+].[K+]. The molecule has 1 amide bonds. The molecule has 0 spiro atoms. The Kier molecular flexibility index (Phi) is 46.8. The number of carbonyl (C=O) groups is 2. The molecule has 0 aliphatic carbocycles. The third-order valence-corrected chi connectivity index (χ3v) is 20.1. The molecule has 0 saturated carbocycles. The number of fused-ring (bicyclic) bond motifs is 4. The van der Waals surface area contributed by atoms with E-state index in [1.54, 1.807) is 38.2 Å². The van der Waals surface area contributed by atoms with E-state index in [1.165, 1.54) is 22.4 Å². The van der Waals surface area contributed by atoms with E-state index in [-0.39, 0.29) is 140 Å². The maximum absolute atomic E-state index is 13.8. The van der Waals surface area contributed by atoms with Crippen molar-refractivity contribution in [1.29, 1.82) is 0 Å². The van der Waals surface area contributed by atoms with Gasteiger partial charge in [0.15, 0.2) is 11.5 Å². The Morgan fingerprint density at radius 1 is 0.679 bits per heavy atom. The number of carbonyl (C=O) groups excluding carboxylic acids is 2. The molecular weight excluding hydrogens is 1540 g/mol. The van der Waals surface area contributed by atoms with Gasteiger partial charge in [-0.25, -0.2) is 0 Å². The maximum Gasteiger partial charge on any atom is 1.00 e. The summed E-state index contributed by atoms with van der Waals surface area (Å²) >= 11 is 7.30. The van der Waals surface area contributed by atoms with Gasteiger partial charge in [0.1, 0.15) is 6.61 Å². The number of amides is 1. The van der Waals surface area contributed by atoms with E-state index >= 15 is 0 Å². The second-order valence-electron chi connectivity index (χ2n) is 19.6. The Bertz CT molecular complexity index is 2520. The summed E-state index contributed by atoms with van der Waals surface area (Å²) in [7, 11) is 12.4. The number of halogens is 3. The van der Waals surface area contributed by atoms with Gasteiger partial charge in [-0.1, -0.05) is 149 Å². The zero-order valence-electron chi connectivity index (χ0n) is 51.1. The molecule has 2 aliphatic heterocycles. The number of methoxy groups -OCH3 is 3. The number of hydrogen-bond donors (Lipinski definition) is 0. The van der Waals surface area contributed by atoms with Crippen molar-refractivity contribution in [3.8, 4) is 11.5 Å². The third kappa shape index (κ3) is 29.9. The zero-order chi connectivity index (χ0) is 59.0. The summed E-state index contributed by atoms with van der Waals surface area (Å²) in [6.07, 6.45) is 6.89. The van der Waals surface area contributed by atoms with Crippen LogP contribution in [0.15, 0.2) is 77.8 Å². The number of benzene rings is 4. The van der Waals surface area contributed by atoms with Gasteiger partial charge in [-0.05, 0) is 104 Å². The van der Waals surface area contributed by atoms with Gasteiger partial charge in [0.2, 0.25) is 0 Å². The van der Waals surface area contributed by atoms with Gasteiger partial charge in [-0.2, -0.15) is 0 Å². The minimum Gasteiger partial charge on any atom is -1.00 e. The second kappa shape index (κ2) is 47.2. The predicted molar refractivity (Wildman–Crippen MR) is 369 cm³/mol. The normalized spacial score (nSPS) is 13.0. The molecule has 0 fully saturated rings. The number of rotatable bonds is 36. The van der Waals surface area contributed by atoms with Gasteiger partial charge >= 0.3 is 103 Å². The molecule has 0 radical (unpaired) electrons. The molecule has 0 bridgehead atoms. The third-order valence-electron chi connectivity index (χ3n) is 12.2. The van der Waals surface area contributed by atoms with Crippen molar-refractivity contribution in [2.75, 3.05) is 141 Å². The monoisotopic (exact) mass is 1630 g/mol. The smallest absolute Gasteiger partial charge is 1.00 e. The van der Waals surface area contributed by atoms with E-state index in [0.717, 1.165) is 68.4 Å². The van der Waals surface area contributed by atoms with Crippen molar-refractivity contribution >= 4 is 152 Å². The van der Waals surface area contributed by atoms with Crippen LogP contribution >= 0.6 is 111 Å². The average Bonchev–Trinajstić information content (AvgIpc) is 3.87. The Balaban J connectivity index is 0.00000168. The summed E-state index contributed by atoms with van der Waals surface area (Å²) in [6, 6.07) is 25.1. The minimum absolute atomic E-state index is 0. The Morgan fingerprint density at radius 3 is 1.58 bits per heavy atom. The molecule has 25 heteroatoms. The van der Waals surface area contributed by atoms with Gasteiger partial charge in [0, 0.05) is 98.9 Å². The zero-order valence-corrected chi connectivity index (χ0v) is 66.0. The maximum atomic E-state index is 13.8. The molecule has 2 heterocycles. The summed E-state index contributed by atoms with van der Waals surface area (Å²) in [6.45, 7) is 18.8. The number of para-hydroxylation sites is 1. The van der Waals surface area contributed by atoms with E-state index in [9.17, 15) is 4.79 Å². The molecule has 84 heavy (non-hydrogen) atoms. The molecule has 0 aromatic heterocycles. The van der Waals surface area contributed by atoms with Gasteiger partial charge in [-0.3, -0.25) is 19.5 Å². The van der Waals surface area contributed by atoms with Crippen molar-refractivity contribution < 1.29 is 162 Å². The molecule has 0 N–H and O–H groups in total. The summed E-state index contributed by atoms with van der Waals surface area (Å²) in [5.74, 6) is 0.960. The summed E-state index contributed by atoms with van der Waals surface area (Å²) < 4.78 is 48.1. The number of nitrogens with zero attached hydrogens (tertiary/aromatic N) is 4. The van der Waals surface area contributed by atoms with Crippen molar-refractivity contribution in [3.63, 3.8) is 0 Å². The molecule has 0 saturated heterocycles. The summed E-state index contributed by atoms with van der Waals surface area (Å²) in [4.78, 5) is 36.6. The molecule has 6 rings (SSSR count). The van der Waals surface area contributed by atoms with Crippen molar-refractivity contribution in [2.45, 2.75) is 77.0 Å². The molecule has 2 aliphatic rings. The number of alkyl halides is 3. The van der Waals surface area contributed by atoms with Gasteiger partial charge < -0.3 is 59.3 Å². The first-order chi connectivity index (χ1) is 39.1. The topological polar surface area (TPSA) is 162 Å². The van der Waals surface area contributed by atoms with E-state index in [4.69, 9.17) is 52.9 Å². The fourth-order valence-electron chi connectivity index (χ4n) is 8.82. The first kappa shape index (κ1) is 83.3. The summed E-state index contributed by atoms with van der Waals surface area (Å²) in [5, 5.41) is 8.43. The van der Waals surface area contributed by atoms with E-state index in [1.807, 2.05) is 67.8 Å². The first-order valence-electron chi connectivity index (χ1n) is 26.3. The van der Waals surface area contributed by atoms with Crippen LogP contribution in [0.4, 0.5) is 22.7 Å². The number of ether oxygens (including phenoxy) is 8. The van der Waals surface area contributed by atoms with E-state index in [0.29, 0.717) is 95.4 Å². The molecule has 0 unspecified atom stereocenters. The van der Waals surface area contributed by atoms with Crippen molar-refractivity contribution in [1.82, 2.24) is 0 Å². The minimum atomic E-state index is -0.181. The number of anilines is 3. The molecular formula is C59H85I3K2N4O12S4. The molecule has 4 aromatic rings. The standard InChI is InChI=1S/C37H46IN3O6S2.C20H33I2NO3S2.CH2O3.CH4.2K.H/c1-37(2,49-48-5)25-40(10-11-45-14-15-46-13-12-43-3)29-17-26(22-38)16-27(18-29)24-47-35-21-32-31(20-34(35)44-4)36(42)41-30(23-39-32)19-28-8-6-7-9-33(28)41;1-20(2,28-27-4)16-23(5-6-25-9-10-26-8-7-24-3)19-12-17(14-21)11-18(13-19)15-22;2-1-4-3;;;;/h6-9,16-18,20-21,23,30H,10-15,19,22,24-25H2,1-5H3;11-13H,5-10,14-16H2,1-4H3;1,3H;1H4;;;/q;;;;2*+1;-1/p-1/t30-;;;;;;/m0....../s1. The van der Waals surface area contributed by atoms with Crippen LogP contribution < -0.4 is 132 Å². The fraction of sp³-hybridized carbons (Fsp3) is 0.542. The number of hydrogen-bond acceptors (Lipinski definition) is 19. The van der Waals surface area contributed by atoms with Crippen LogP contribution in [0.2, 0.25) is 0 Å². The first-order valence-corrected chi connectivity index (χ1v) is 36.0. The predicted octanol–water partition coefficient (Wildman–Crippen LogP) is 6.80. The fourth-order valence-corrected chi connectivity index (χ4v) is 14.5. The van der Waals surface area contributed by atoms with E-state index < -0.39 is 0 Å². The number of aliphatic imine (C=N–C) groups is 1. The Labute approximate surface area is 644 Å². The van der Waals surface area contributed by atoms with Crippen LogP contribution in [-0.2, 0) is 64.4 Å². The van der Waals surface area contributed by atoms with Gasteiger partial charge in [0.05, 0.1) is 90.5 Å². The largest absolute Gasteiger partial charge is 1.00 e. The Hall–Kier alpha value is 1.27. The van der Waals surface area contributed by atoms with Crippen LogP contribution in [0.1, 0.15) is 74.7 Å². The quantitative estimate of drug-likeness (QED) is 0.00683. The van der Waals surface area contributed by atoms with Crippen LogP contribution in [0.3, 0.4) is 0 Å². The van der Waals surface area contributed by atoms with Crippen molar-refractivity contribution in [2.24, 2.45) is 4.99 Å². The Morgan fingerprint density at radius 2 is 1.13 bits per heavy atom. The summed E-state index contributed by atoms with van der Waals surface area (Å²) in [5.41, 5.74) is 10.6. The molecule has 16 nitrogen and oxygen atoms in total. The van der Waals surface area contributed by atoms with Crippen LogP contribution in [-0.4, -0.2) is 160 Å². The van der Waals surface area contributed by atoms with Crippen molar-refractivity contribution in [3.05, 3.63) is 106 Å². The van der Waals surface area contributed by atoms with E-state index in [2.05, 4.69) is 165 Å². The van der Waals surface area contributed by atoms with Gasteiger partial charge in [-0.15, -0.1) is 0 Å². The van der Waals surface area contributed by atoms with Crippen LogP contribution in [0.25, 0.3) is 0 Å². The van der Waals surface area contributed by atoms with Gasteiger partial charge in [0.25, 0.3) is 12.4 Å². The molecule has 1 atom stereocenters. The van der Waals surface area contributed by atoms with Crippen LogP contribution in [0, 0.1) is 0 Å². The molecule has 460 valence electrons. The van der Waals surface area contributed by atoms with Crippen LogP contribution in [0.5, 0.6) is 11.5 Å². The molecule has 4 aromatic carbocycles.